The number of hydrogen-bond donors (Lipinski definition) is 0. The molecule has 0 aliphatic heterocycles. The van der Waals surface area contributed by atoms with Crippen LogP contribution in [0.4, 0.5) is 0 Å². The molecule has 0 spiro atoms. The van der Waals surface area contributed by atoms with Gasteiger partial charge in [-0.1, -0.05) is 74.7 Å². The van der Waals surface area contributed by atoms with Gasteiger partial charge in [0.2, 0.25) is 0 Å². The van der Waals surface area contributed by atoms with E-state index in [0.717, 1.165) is 0 Å². The van der Waals surface area contributed by atoms with Crippen molar-refractivity contribution >= 4 is 5.57 Å². The maximum absolute atomic E-state index is 2.36. The van der Waals surface area contributed by atoms with Gasteiger partial charge >= 0.3 is 0 Å². The van der Waals surface area contributed by atoms with Gasteiger partial charge in [0.15, 0.2) is 0 Å². The summed E-state index contributed by atoms with van der Waals surface area (Å²) in [6.07, 6.45) is 7.10. The van der Waals surface area contributed by atoms with Crippen molar-refractivity contribution in [2.75, 3.05) is 0 Å². The molecule has 0 N–H and O–H groups in total. The fraction of sp³-hybridized carbons (Fsp3) is 0.444. The average molecular weight is 242 g/mol. The molecular weight excluding hydrogens is 216 g/mol. The minimum absolute atomic E-state index is 0.575. The van der Waals surface area contributed by atoms with Gasteiger partial charge in [0.25, 0.3) is 0 Å². The quantitative estimate of drug-likeness (QED) is 0.574. The highest BCUT2D eigenvalue weighted by Crippen LogP contribution is 2.22. The maximum Gasteiger partial charge on any atom is -0.0185 e. The number of aryl methyl sites for hydroxylation is 1. The molecule has 0 saturated carbocycles. The molecule has 0 aliphatic rings. The van der Waals surface area contributed by atoms with Crippen LogP contribution in [-0.2, 0) is 0 Å². The van der Waals surface area contributed by atoms with E-state index in [4.69, 9.17) is 0 Å². The molecule has 0 unspecified atom stereocenters. The molecule has 0 nitrogen and oxygen atoms in total. The van der Waals surface area contributed by atoms with Crippen molar-refractivity contribution in [2.45, 2.75) is 47.5 Å². The predicted octanol–water partition coefficient (Wildman–Crippen LogP) is 5.78. The highest BCUT2D eigenvalue weighted by Gasteiger charge is 2.01. The second-order valence-corrected chi connectivity index (χ2v) is 5.48. The van der Waals surface area contributed by atoms with E-state index in [-0.39, 0.29) is 0 Å². The molecule has 1 aromatic rings. The van der Waals surface area contributed by atoms with Crippen molar-refractivity contribution in [2.24, 2.45) is 5.92 Å². The first kappa shape index (κ1) is 14.8. The molecule has 0 radical (unpaired) electrons. The minimum atomic E-state index is 0.575. The van der Waals surface area contributed by atoms with Crippen molar-refractivity contribution in [3.05, 3.63) is 53.1 Å². The number of allylic oxidation sites excluding steroid dienone is 4. The van der Waals surface area contributed by atoms with Crippen LogP contribution in [0.1, 0.15) is 51.7 Å². The zero-order chi connectivity index (χ0) is 13.5. The van der Waals surface area contributed by atoms with Gasteiger partial charge in [-0.3, -0.25) is 0 Å². The van der Waals surface area contributed by atoms with Crippen molar-refractivity contribution in [1.29, 1.82) is 0 Å². The Kier molecular flexibility index (Phi) is 5.91. The standard InChI is InChI=1S/C18H26/c1-6-8-15(4)13-18(11-14(2)3)17-10-7-9-16(5)12-17/h7,9-14H,6,8H2,1-5H3/b15-13+,18-11+. The summed E-state index contributed by atoms with van der Waals surface area (Å²) in [7, 11) is 0. The smallest absolute Gasteiger partial charge is 0.0185 e. The lowest BCUT2D eigenvalue weighted by atomic mass is 9.97. The van der Waals surface area contributed by atoms with Crippen molar-refractivity contribution in [3.63, 3.8) is 0 Å². The second-order valence-electron chi connectivity index (χ2n) is 5.48. The monoisotopic (exact) mass is 242 g/mol. The summed E-state index contributed by atoms with van der Waals surface area (Å²) < 4.78 is 0. The summed E-state index contributed by atoms with van der Waals surface area (Å²) in [4.78, 5) is 0. The van der Waals surface area contributed by atoms with E-state index < -0.39 is 0 Å². The molecule has 0 aliphatic carbocycles. The number of rotatable bonds is 5. The highest BCUT2D eigenvalue weighted by molar-refractivity contribution is 5.75. The molecule has 0 heterocycles. The molecule has 0 fully saturated rings. The van der Waals surface area contributed by atoms with Crippen LogP contribution < -0.4 is 0 Å². The molecule has 1 aromatic carbocycles. The molecule has 1 rings (SSSR count). The van der Waals surface area contributed by atoms with Gasteiger partial charge in [0.05, 0.1) is 0 Å². The largest absolute Gasteiger partial charge is 0.0741 e. The first-order valence-electron chi connectivity index (χ1n) is 6.99. The Bertz CT molecular complexity index is 433. The van der Waals surface area contributed by atoms with Gasteiger partial charge in [0.1, 0.15) is 0 Å². The summed E-state index contributed by atoms with van der Waals surface area (Å²) in [6, 6.07) is 8.77. The topological polar surface area (TPSA) is 0 Å². The Morgan fingerprint density at radius 2 is 2.00 bits per heavy atom. The fourth-order valence-electron chi connectivity index (χ4n) is 2.14. The molecule has 0 atom stereocenters. The van der Waals surface area contributed by atoms with Gasteiger partial charge in [-0.05, 0) is 37.3 Å². The summed E-state index contributed by atoms with van der Waals surface area (Å²) in [5, 5.41) is 0. The zero-order valence-electron chi connectivity index (χ0n) is 12.5. The third-order valence-electron chi connectivity index (χ3n) is 2.91. The minimum Gasteiger partial charge on any atom is -0.0741 e. The molecule has 18 heavy (non-hydrogen) atoms. The van der Waals surface area contributed by atoms with E-state index in [1.165, 1.54) is 35.1 Å². The normalized spacial score (nSPS) is 13.2. The van der Waals surface area contributed by atoms with Crippen LogP contribution in [-0.4, -0.2) is 0 Å². The van der Waals surface area contributed by atoms with Gasteiger partial charge < -0.3 is 0 Å². The fourth-order valence-corrected chi connectivity index (χ4v) is 2.14. The van der Waals surface area contributed by atoms with Crippen LogP contribution in [0.15, 0.2) is 42.0 Å². The number of benzene rings is 1. The first-order valence-corrected chi connectivity index (χ1v) is 6.99. The van der Waals surface area contributed by atoms with Crippen LogP contribution in [0, 0.1) is 12.8 Å². The lowest BCUT2D eigenvalue weighted by Crippen LogP contribution is -1.89. The van der Waals surface area contributed by atoms with E-state index in [1.807, 2.05) is 0 Å². The first-order chi connectivity index (χ1) is 8.52. The molecule has 0 bridgehead atoms. The Morgan fingerprint density at radius 3 is 2.56 bits per heavy atom. The predicted molar refractivity (Wildman–Crippen MR) is 82.7 cm³/mol. The second kappa shape index (κ2) is 7.20. The Hall–Kier alpha value is -1.30. The summed E-state index contributed by atoms with van der Waals surface area (Å²) in [6.45, 7) is 11.1. The summed E-state index contributed by atoms with van der Waals surface area (Å²) in [5.74, 6) is 0.575. The van der Waals surface area contributed by atoms with E-state index in [1.54, 1.807) is 0 Å². The van der Waals surface area contributed by atoms with Crippen LogP contribution in [0.3, 0.4) is 0 Å². The molecular formula is C18H26. The zero-order valence-corrected chi connectivity index (χ0v) is 12.5. The molecule has 0 amide bonds. The van der Waals surface area contributed by atoms with Crippen LogP contribution in [0.5, 0.6) is 0 Å². The number of hydrogen-bond acceptors (Lipinski definition) is 0. The lowest BCUT2D eigenvalue weighted by molar-refractivity contribution is 0.833. The lowest BCUT2D eigenvalue weighted by Gasteiger charge is -2.08. The Labute approximate surface area is 112 Å². The third-order valence-corrected chi connectivity index (χ3v) is 2.91. The maximum atomic E-state index is 2.36. The summed E-state index contributed by atoms with van der Waals surface area (Å²) in [5.41, 5.74) is 5.48. The van der Waals surface area contributed by atoms with Crippen molar-refractivity contribution in [1.82, 2.24) is 0 Å². The van der Waals surface area contributed by atoms with E-state index >= 15 is 0 Å². The van der Waals surface area contributed by atoms with Gasteiger partial charge in [-0.15, -0.1) is 0 Å². The Balaban J connectivity index is 3.11. The molecule has 0 aromatic heterocycles. The van der Waals surface area contributed by atoms with Gasteiger partial charge in [-0.25, -0.2) is 0 Å². The SMILES string of the molecule is CCC/C(C)=C/C(=C\C(C)C)c1cccc(C)c1. The van der Waals surface area contributed by atoms with Crippen molar-refractivity contribution < 1.29 is 0 Å². The summed E-state index contributed by atoms with van der Waals surface area (Å²) >= 11 is 0. The van der Waals surface area contributed by atoms with Crippen LogP contribution >= 0.6 is 0 Å². The molecule has 98 valence electrons. The van der Waals surface area contributed by atoms with Crippen LogP contribution in [0.25, 0.3) is 5.57 Å². The third kappa shape index (κ3) is 4.91. The average Bonchev–Trinajstić information content (AvgIpc) is 2.28. The molecule has 0 saturated heterocycles. The van der Waals surface area contributed by atoms with Gasteiger partial charge in [0, 0.05) is 0 Å². The Morgan fingerprint density at radius 1 is 1.28 bits per heavy atom. The van der Waals surface area contributed by atoms with Crippen molar-refractivity contribution in [3.8, 4) is 0 Å². The van der Waals surface area contributed by atoms with Gasteiger partial charge in [-0.2, -0.15) is 0 Å². The van der Waals surface area contributed by atoms with E-state index in [2.05, 4.69) is 71.0 Å². The van der Waals surface area contributed by atoms with E-state index in [0.29, 0.717) is 5.92 Å². The molecule has 0 heteroatoms. The van der Waals surface area contributed by atoms with E-state index in [9.17, 15) is 0 Å². The highest BCUT2D eigenvalue weighted by atomic mass is 14.1. The van der Waals surface area contributed by atoms with Crippen LogP contribution in [0.2, 0.25) is 0 Å².